The van der Waals surface area contributed by atoms with Gasteiger partial charge in [0, 0.05) is 182 Å². The molecule has 5 radical (unpaired) electrons. The maximum atomic E-state index is 5.18. The van der Waals surface area contributed by atoms with E-state index in [0.29, 0.717) is 23.7 Å². The van der Waals surface area contributed by atoms with Gasteiger partial charge < -0.3 is 22.2 Å². The predicted molar refractivity (Wildman–Crippen MR) is 600 cm³/mol. The largest absolute Gasteiger partial charge is 0.340 e. The number of hydrogen-bond acceptors (Lipinski definition) is 5. The summed E-state index contributed by atoms with van der Waals surface area (Å²) in [7, 11) is 0. The topological polar surface area (TPSA) is 87.0 Å². The van der Waals surface area contributed by atoms with Crippen molar-refractivity contribution in [2.24, 2.45) is 16.2 Å². The van der Waals surface area contributed by atoms with Crippen LogP contribution >= 0.6 is 0 Å². The average molecular weight is 2820 g/mol. The normalized spacial score (nSPS) is 11.7. The number of para-hydroxylation sites is 1. The van der Waals surface area contributed by atoms with Crippen molar-refractivity contribution in [2.75, 3.05) is 0 Å². The van der Waals surface area contributed by atoms with E-state index in [1.807, 2.05) is 91.5 Å². The monoisotopic (exact) mass is 2820 g/mol. The number of fused-ring (bicyclic) bond motifs is 24. The number of hydrogen-bond donors (Lipinski definition) is 0. The van der Waals surface area contributed by atoms with Crippen LogP contribution in [0.1, 0.15) is 214 Å². The van der Waals surface area contributed by atoms with Gasteiger partial charge in [-0.25, -0.2) is 0 Å². The molecule has 9 aromatic heterocycles. The summed E-state index contributed by atoms with van der Waals surface area (Å²) in [6.07, 6.45) is 13.0. The van der Waals surface area contributed by atoms with E-state index in [1.54, 1.807) is 0 Å². The molecule has 23 rings (SSSR count). The second kappa shape index (κ2) is 45.8. The first-order chi connectivity index (χ1) is 68.1. The molecule has 0 N–H and O–H groups in total. The quantitative estimate of drug-likeness (QED) is 0.0848. The molecule has 0 bridgehead atoms. The zero-order valence-electron chi connectivity index (χ0n) is 88.4. The minimum Gasteiger partial charge on any atom is -0.340 e. The van der Waals surface area contributed by atoms with E-state index < -0.39 is 0 Å². The Morgan fingerprint density at radius 3 is 0.993 bits per heavy atom. The molecule has 0 aliphatic carbocycles. The Balaban J connectivity index is 0.000000146. The second-order valence-corrected chi connectivity index (χ2v) is 43.7. The molecule has 10 nitrogen and oxygen atoms in total. The molecule has 0 saturated heterocycles. The van der Waals surface area contributed by atoms with Crippen LogP contribution in [-0.4, -0.2) is 47.1 Å². The maximum Gasteiger partial charge on any atom is 0.0669 e. The average Bonchev–Trinajstić information content (AvgIpc) is 1.58. The van der Waals surface area contributed by atoms with Crippen molar-refractivity contribution in [3.8, 4) is 62.1 Å². The third-order valence-corrected chi connectivity index (χ3v) is 27.7. The molecule has 0 unspecified atom stereocenters. The van der Waals surface area contributed by atoms with E-state index in [0.717, 1.165) is 97.6 Å². The first kappa shape index (κ1) is 111. The van der Waals surface area contributed by atoms with Crippen LogP contribution in [0.15, 0.2) is 304 Å². The third kappa shape index (κ3) is 22.4. The fraction of sp³-hybridized carbons (Fsp3) is 0.250. The minimum absolute atomic E-state index is 0. The molecule has 15 heteroatoms. The van der Waals surface area contributed by atoms with Crippen molar-refractivity contribution in [1.82, 2.24) is 47.1 Å². The van der Waals surface area contributed by atoms with Gasteiger partial charge in [0.05, 0.1) is 56.9 Å². The zero-order valence-corrected chi connectivity index (χ0v) is 100. The molecule has 757 valence electrons. The molecule has 147 heavy (non-hydrogen) atoms. The van der Waals surface area contributed by atoms with Crippen LogP contribution in [-0.2, 0) is 120 Å². The predicted octanol–water partition coefficient (Wildman–Crippen LogP) is 34.9. The molecular formula is C132H129Ir5N10-5. The molecule has 0 fully saturated rings. The zero-order chi connectivity index (χ0) is 99.6. The maximum absolute atomic E-state index is 5.18. The molecule has 0 spiro atoms. The van der Waals surface area contributed by atoms with Crippen molar-refractivity contribution in [3.05, 3.63) is 407 Å². The van der Waals surface area contributed by atoms with Crippen molar-refractivity contribution in [3.63, 3.8) is 0 Å². The summed E-state index contributed by atoms with van der Waals surface area (Å²) in [5.41, 5.74) is 38.5. The van der Waals surface area contributed by atoms with Crippen LogP contribution in [0.25, 0.3) is 171 Å². The van der Waals surface area contributed by atoms with E-state index in [4.69, 9.17) is 19.9 Å². The van der Waals surface area contributed by atoms with Gasteiger partial charge in [-0.05, 0) is 220 Å². The number of imidazole rings is 5. The second-order valence-electron chi connectivity index (χ2n) is 43.7. The van der Waals surface area contributed by atoms with Gasteiger partial charge >= 0.3 is 0 Å². The number of nitrogens with zero attached hydrogens (tertiary/aromatic N) is 10. The minimum atomic E-state index is 0. The van der Waals surface area contributed by atoms with E-state index in [9.17, 15) is 0 Å². The fourth-order valence-electron chi connectivity index (χ4n) is 21.6. The van der Waals surface area contributed by atoms with Crippen LogP contribution in [0.2, 0.25) is 0 Å². The van der Waals surface area contributed by atoms with Gasteiger partial charge in [0.2, 0.25) is 0 Å². The smallest absolute Gasteiger partial charge is 0.0669 e. The number of aryl methyl sites for hydroxylation is 6. The molecular weight excluding hydrogens is 2690 g/mol. The molecule has 0 amide bonds. The number of aromatic nitrogens is 10. The van der Waals surface area contributed by atoms with E-state index >= 15 is 0 Å². The summed E-state index contributed by atoms with van der Waals surface area (Å²) in [5.74, 6) is 2.61. The van der Waals surface area contributed by atoms with Crippen LogP contribution in [0.3, 0.4) is 0 Å². The fourth-order valence-corrected chi connectivity index (χ4v) is 21.6. The van der Waals surface area contributed by atoms with Gasteiger partial charge in [0.15, 0.2) is 0 Å². The molecule has 23 aromatic rings. The van der Waals surface area contributed by atoms with Gasteiger partial charge in [-0.15, -0.1) is 155 Å². The van der Waals surface area contributed by atoms with Crippen LogP contribution in [0.5, 0.6) is 0 Å². The standard InChI is InChI=1S/C33H37N2.C32H35N2.C28H27N2.C24H19N2.C15H11N2.5Ir/c1-20(2)24-14-11-15-25(21(3)4)30(24)31-22(5)34-32-27-13-10-9-12-26(27)28-18-23(19-33(6,7)8)16-17-29(28)35(31)32;1-20(2)23-13-10-14-24(21(3)4)30(23)29-19-33-31-26-12-9-8-11-25(26)27-17-22(18-32(5,6)7)15-16-28(27)34(29)31;1-18-9-8-10-19(2)26(18)25-17-29-27-22-12-7-6-11-21(22)23-15-20(16-28(3,4)5)13-14-24(23)30(25)27;1-15-11-12-21-20(13-15)18-9-4-5-10-19(18)24-25-14-22(26(21)24)23-16(2)7-6-8-17(23)3;1-3-7-13(8-4-1)15-16-11-12-17(15)14-9-5-2-6-10-14;;;;;/h9-12,14-18,20-21H,19H2,1-8H3;8-11,13-17,19-21H,18H2,1-7H3;6-11,13-15,17H,16H2,1-5H3;4-9,11-14H,1-3H3;1-7,9-12H;;;;;/q5*-1;;;;;. The molecule has 9 heterocycles. The van der Waals surface area contributed by atoms with E-state index in [1.165, 1.54) is 166 Å². The summed E-state index contributed by atoms with van der Waals surface area (Å²) >= 11 is 0. The molecule has 0 atom stereocenters. The van der Waals surface area contributed by atoms with Gasteiger partial charge in [-0.2, -0.15) is 0 Å². The number of rotatable bonds is 13. The van der Waals surface area contributed by atoms with E-state index in [2.05, 4.69) is 429 Å². The first-order valence-electron chi connectivity index (χ1n) is 50.5. The Morgan fingerprint density at radius 1 is 0.293 bits per heavy atom. The number of pyridine rings is 4. The number of benzene rings is 14. The van der Waals surface area contributed by atoms with Crippen molar-refractivity contribution in [1.29, 1.82) is 0 Å². The molecule has 0 saturated carbocycles. The Morgan fingerprint density at radius 2 is 0.626 bits per heavy atom. The van der Waals surface area contributed by atoms with Gasteiger partial charge in [-0.3, -0.25) is 24.9 Å². The van der Waals surface area contributed by atoms with Crippen LogP contribution in [0, 0.1) is 88.1 Å². The van der Waals surface area contributed by atoms with Crippen LogP contribution in [0.4, 0.5) is 0 Å². The summed E-state index contributed by atoms with van der Waals surface area (Å²) < 4.78 is 11.5. The third-order valence-electron chi connectivity index (χ3n) is 27.7. The SMILES string of the molecule is CC(C)c1cccc(C(C)C)c1-c1cnc2c3[c-]cccc3c3cc(CC(C)(C)C)ccc3n12.Cc1ccc2c(c1)c1ccc[c-]c1c1ncc(-c3c(C)cccc3C)n21.Cc1cccc(C)c1-c1cnc2c3[c-]cccc3c3cc(CC(C)(C)C)ccc3n12.Cc1nc2c3[c-]cccc3c3cc(CC(C)(C)C)ccc3n2c1-c1c(C(C)C)cccc1C(C)C.[Ir].[Ir].[Ir].[Ir].[Ir].[c-]1ccccc1-c1nccn1-c1ccccc1. The Labute approximate surface area is 935 Å². The Kier molecular flexibility index (Phi) is 34.6. The van der Waals surface area contributed by atoms with Crippen LogP contribution < -0.4 is 0 Å². The summed E-state index contributed by atoms with van der Waals surface area (Å²) in [4.78, 5) is 24.2. The Bertz CT molecular complexity index is 8580. The van der Waals surface area contributed by atoms with E-state index in [-0.39, 0.29) is 117 Å². The van der Waals surface area contributed by atoms with Crippen molar-refractivity contribution >= 4 is 109 Å². The molecule has 0 aliphatic heterocycles. The van der Waals surface area contributed by atoms with Gasteiger partial charge in [0.1, 0.15) is 0 Å². The van der Waals surface area contributed by atoms with Gasteiger partial charge in [0.25, 0.3) is 0 Å². The van der Waals surface area contributed by atoms with Gasteiger partial charge in [-0.1, -0.05) is 284 Å². The molecule has 14 aromatic carbocycles. The summed E-state index contributed by atoms with van der Waals surface area (Å²) in [6.45, 7) is 52.0. The summed E-state index contributed by atoms with van der Waals surface area (Å²) in [5, 5.41) is 14.3. The van der Waals surface area contributed by atoms with Crippen molar-refractivity contribution in [2.45, 2.75) is 202 Å². The Hall–Kier alpha value is -11.6. The first-order valence-corrected chi connectivity index (χ1v) is 50.5. The van der Waals surface area contributed by atoms with Crippen molar-refractivity contribution < 1.29 is 101 Å². The molecule has 0 aliphatic rings. The summed E-state index contributed by atoms with van der Waals surface area (Å²) in [6, 6.07) is 114.